The van der Waals surface area contributed by atoms with Crippen LogP contribution in [0.15, 0.2) is 53.8 Å². The van der Waals surface area contributed by atoms with Gasteiger partial charge in [-0.25, -0.2) is 9.67 Å². The number of nitrogens with zero attached hydrogens (tertiary/aromatic N) is 3. The fourth-order valence-corrected chi connectivity index (χ4v) is 1.88. The fraction of sp³-hybridized carbons (Fsp3) is 0.312. The first kappa shape index (κ1) is 14.2. The van der Waals surface area contributed by atoms with Crippen LogP contribution in [0.3, 0.4) is 0 Å². The molecule has 1 amide bonds. The summed E-state index contributed by atoms with van der Waals surface area (Å²) in [6.07, 6.45) is 7.03. The van der Waals surface area contributed by atoms with Crippen LogP contribution in [0.25, 0.3) is 5.69 Å². The monoisotopic (exact) mass is 269 g/mol. The lowest BCUT2D eigenvalue weighted by Gasteiger charge is -2.03. The molecule has 0 atom stereocenters. The van der Waals surface area contributed by atoms with Crippen LogP contribution in [0.4, 0.5) is 0 Å². The summed E-state index contributed by atoms with van der Waals surface area (Å²) in [4.78, 5) is 15.7. The van der Waals surface area contributed by atoms with Gasteiger partial charge in [-0.2, -0.15) is 5.10 Å². The second-order valence-corrected chi connectivity index (χ2v) is 4.63. The van der Waals surface area contributed by atoms with Crippen molar-refractivity contribution in [3.05, 3.63) is 54.1 Å². The summed E-state index contributed by atoms with van der Waals surface area (Å²) in [6.45, 7) is 2.12. The summed E-state index contributed by atoms with van der Waals surface area (Å²) < 4.78 is 1.75. The van der Waals surface area contributed by atoms with Crippen molar-refractivity contribution in [2.45, 2.75) is 32.6 Å². The molecule has 0 aliphatic rings. The minimum atomic E-state index is -0.0716. The van der Waals surface area contributed by atoms with E-state index < -0.39 is 0 Å². The molecule has 4 heteroatoms. The normalized spacial score (nSPS) is 11.6. The molecule has 0 aliphatic carbocycles. The zero-order valence-electron chi connectivity index (χ0n) is 11.7. The lowest BCUT2D eigenvalue weighted by molar-refractivity contribution is -0.118. The third kappa shape index (κ3) is 4.16. The van der Waals surface area contributed by atoms with Crippen LogP contribution in [0.2, 0.25) is 0 Å². The zero-order chi connectivity index (χ0) is 14.2. The number of rotatable bonds is 5. The van der Waals surface area contributed by atoms with Crippen LogP contribution >= 0.6 is 0 Å². The molecule has 2 aromatic rings. The summed E-state index contributed by atoms with van der Waals surface area (Å²) in [5.74, 6) is -0.0716. The van der Waals surface area contributed by atoms with Crippen molar-refractivity contribution in [3.63, 3.8) is 0 Å². The Morgan fingerprint density at radius 1 is 1.20 bits per heavy atom. The number of amides is 1. The average Bonchev–Trinajstić information content (AvgIpc) is 2.49. The molecule has 0 N–H and O–H groups in total. The Morgan fingerprint density at radius 2 is 2.00 bits per heavy atom. The minimum absolute atomic E-state index is 0.0716. The van der Waals surface area contributed by atoms with Gasteiger partial charge >= 0.3 is 0 Å². The van der Waals surface area contributed by atoms with Crippen LogP contribution in [0.1, 0.15) is 32.6 Å². The third-order valence-corrected chi connectivity index (χ3v) is 2.97. The number of unbranched alkanes of at least 4 members (excludes halogenated alkanes) is 2. The molecule has 1 heterocycles. The van der Waals surface area contributed by atoms with Gasteiger partial charge in [0.2, 0.25) is 5.91 Å². The molecule has 0 aliphatic heterocycles. The molecular formula is C16H19N3O. The van der Waals surface area contributed by atoms with Crippen LogP contribution in [-0.2, 0) is 4.79 Å². The van der Waals surface area contributed by atoms with E-state index >= 15 is 0 Å². The molecular weight excluding hydrogens is 250 g/mol. The van der Waals surface area contributed by atoms with Gasteiger partial charge in [-0.05, 0) is 24.6 Å². The second kappa shape index (κ2) is 7.38. The highest BCUT2D eigenvalue weighted by atomic mass is 16.1. The topological polar surface area (TPSA) is 47.2 Å². The first-order valence-electron chi connectivity index (χ1n) is 6.97. The molecule has 0 spiro atoms. The number of hydrogen-bond acceptors (Lipinski definition) is 2. The molecule has 20 heavy (non-hydrogen) atoms. The SMILES string of the molecule is CCCCCC(=O)N=c1ccn(-c2ccccc2)nc1. The molecule has 0 bridgehead atoms. The van der Waals surface area contributed by atoms with Gasteiger partial charge in [0.1, 0.15) is 0 Å². The largest absolute Gasteiger partial charge is 0.273 e. The Labute approximate surface area is 118 Å². The van der Waals surface area contributed by atoms with E-state index in [1.54, 1.807) is 16.9 Å². The van der Waals surface area contributed by atoms with Crippen LogP contribution in [0, 0.1) is 0 Å². The van der Waals surface area contributed by atoms with E-state index in [1.807, 2.05) is 36.5 Å². The summed E-state index contributed by atoms with van der Waals surface area (Å²) in [7, 11) is 0. The van der Waals surface area contributed by atoms with Crippen molar-refractivity contribution in [3.8, 4) is 5.69 Å². The van der Waals surface area contributed by atoms with Crippen molar-refractivity contribution < 1.29 is 4.79 Å². The van der Waals surface area contributed by atoms with Crippen LogP contribution < -0.4 is 5.36 Å². The van der Waals surface area contributed by atoms with E-state index in [2.05, 4.69) is 17.0 Å². The van der Waals surface area contributed by atoms with E-state index in [0.717, 1.165) is 24.9 Å². The Hall–Kier alpha value is -2.23. The van der Waals surface area contributed by atoms with Crippen molar-refractivity contribution in [1.82, 2.24) is 9.78 Å². The molecule has 0 fully saturated rings. The van der Waals surface area contributed by atoms with E-state index in [9.17, 15) is 4.79 Å². The van der Waals surface area contributed by atoms with E-state index in [1.165, 1.54) is 0 Å². The van der Waals surface area contributed by atoms with Gasteiger partial charge in [-0.1, -0.05) is 38.0 Å². The summed E-state index contributed by atoms with van der Waals surface area (Å²) in [5.41, 5.74) is 0.980. The Morgan fingerprint density at radius 3 is 2.65 bits per heavy atom. The Balaban J connectivity index is 2.06. The summed E-state index contributed by atoms with van der Waals surface area (Å²) in [5, 5.41) is 4.88. The smallest absolute Gasteiger partial charge is 0.246 e. The zero-order valence-corrected chi connectivity index (χ0v) is 11.7. The van der Waals surface area contributed by atoms with Crippen molar-refractivity contribution in [2.24, 2.45) is 4.99 Å². The molecule has 1 aromatic carbocycles. The fourth-order valence-electron chi connectivity index (χ4n) is 1.88. The number of carbonyl (C=O) groups is 1. The second-order valence-electron chi connectivity index (χ2n) is 4.63. The predicted octanol–water partition coefficient (Wildman–Crippen LogP) is 2.88. The number of benzene rings is 1. The molecule has 0 unspecified atom stereocenters. The first-order valence-corrected chi connectivity index (χ1v) is 6.97. The number of hydrogen-bond donors (Lipinski definition) is 0. The van der Waals surface area contributed by atoms with E-state index in [-0.39, 0.29) is 5.91 Å². The minimum Gasteiger partial charge on any atom is -0.273 e. The van der Waals surface area contributed by atoms with Crippen molar-refractivity contribution >= 4 is 5.91 Å². The molecule has 0 radical (unpaired) electrons. The van der Waals surface area contributed by atoms with Crippen LogP contribution in [0.5, 0.6) is 0 Å². The van der Waals surface area contributed by atoms with Gasteiger partial charge in [-0.15, -0.1) is 0 Å². The predicted molar refractivity (Wildman–Crippen MR) is 78.3 cm³/mol. The Kier molecular flexibility index (Phi) is 5.24. The van der Waals surface area contributed by atoms with Gasteiger partial charge in [0.05, 0.1) is 17.2 Å². The highest BCUT2D eigenvalue weighted by Crippen LogP contribution is 2.02. The van der Waals surface area contributed by atoms with Crippen LogP contribution in [-0.4, -0.2) is 15.7 Å². The lowest BCUT2D eigenvalue weighted by Crippen LogP contribution is -2.11. The molecule has 2 rings (SSSR count). The van der Waals surface area contributed by atoms with Gasteiger partial charge in [0.15, 0.2) is 0 Å². The molecule has 0 saturated heterocycles. The molecule has 0 saturated carbocycles. The highest BCUT2D eigenvalue weighted by molar-refractivity contribution is 5.76. The maximum atomic E-state index is 11.6. The average molecular weight is 269 g/mol. The van der Waals surface area contributed by atoms with Crippen molar-refractivity contribution in [1.29, 1.82) is 0 Å². The maximum absolute atomic E-state index is 11.6. The Bertz CT molecular complexity index is 597. The molecule has 104 valence electrons. The number of carbonyl (C=O) groups excluding carboxylic acids is 1. The molecule has 4 nitrogen and oxygen atoms in total. The standard InChI is InChI=1S/C16H19N3O/c1-2-3-5-10-16(20)18-14-11-12-19(17-13-14)15-8-6-4-7-9-15/h4,6-9,11-13H,2-3,5,10H2,1H3. The number of para-hydroxylation sites is 1. The first-order chi connectivity index (χ1) is 9.79. The van der Waals surface area contributed by atoms with Gasteiger partial charge < -0.3 is 0 Å². The van der Waals surface area contributed by atoms with Gasteiger partial charge in [0, 0.05) is 12.6 Å². The van der Waals surface area contributed by atoms with Gasteiger partial charge in [-0.3, -0.25) is 4.79 Å². The highest BCUT2D eigenvalue weighted by Gasteiger charge is 1.98. The van der Waals surface area contributed by atoms with E-state index in [4.69, 9.17) is 0 Å². The number of aromatic nitrogens is 2. The summed E-state index contributed by atoms with van der Waals surface area (Å²) in [6, 6.07) is 11.6. The quantitative estimate of drug-likeness (QED) is 0.784. The van der Waals surface area contributed by atoms with E-state index in [0.29, 0.717) is 11.8 Å². The third-order valence-electron chi connectivity index (χ3n) is 2.97. The molecule has 1 aromatic heterocycles. The van der Waals surface area contributed by atoms with Crippen molar-refractivity contribution in [2.75, 3.05) is 0 Å². The van der Waals surface area contributed by atoms with Gasteiger partial charge in [0.25, 0.3) is 0 Å². The maximum Gasteiger partial charge on any atom is 0.246 e. The lowest BCUT2D eigenvalue weighted by atomic mass is 10.2. The summed E-state index contributed by atoms with van der Waals surface area (Å²) >= 11 is 0.